The molecule has 1 aromatic carbocycles. The van der Waals surface area contributed by atoms with Gasteiger partial charge in [0, 0.05) is 38.7 Å². The second-order valence-corrected chi connectivity index (χ2v) is 6.43. The Bertz CT molecular complexity index is 874. The minimum absolute atomic E-state index is 0.212. The molecule has 0 unspecified atom stereocenters. The first kappa shape index (κ1) is 17.1. The molecule has 1 amide bonds. The first-order valence-electron chi connectivity index (χ1n) is 9.03. The van der Waals surface area contributed by atoms with Gasteiger partial charge in [0.2, 0.25) is 5.91 Å². The predicted molar refractivity (Wildman–Crippen MR) is 101 cm³/mol. The van der Waals surface area contributed by atoms with Crippen molar-refractivity contribution in [3.8, 4) is 5.82 Å². The summed E-state index contributed by atoms with van der Waals surface area (Å²) in [6.07, 6.45) is 5.95. The second-order valence-electron chi connectivity index (χ2n) is 6.43. The lowest BCUT2D eigenvalue weighted by molar-refractivity contribution is -0.131. The number of piperazine rings is 1. The molecule has 3 heterocycles. The maximum Gasteiger partial charge on any atom is 0.223 e. The Morgan fingerprint density at radius 1 is 0.963 bits per heavy atom. The van der Waals surface area contributed by atoms with Crippen LogP contribution in [0.2, 0.25) is 0 Å². The Labute approximate surface area is 157 Å². The topological polar surface area (TPSA) is 80.0 Å². The van der Waals surface area contributed by atoms with E-state index in [1.165, 1.54) is 18.2 Å². The second kappa shape index (κ2) is 7.94. The lowest BCUT2D eigenvalue weighted by atomic mass is 10.1. The van der Waals surface area contributed by atoms with Gasteiger partial charge in [-0.25, -0.2) is 19.6 Å². The van der Waals surface area contributed by atoms with Crippen LogP contribution in [-0.4, -0.2) is 61.7 Å². The minimum atomic E-state index is 0.212. The molecule has 1 aliphatic heterocycles. The van der Waals surface area contributed by atoms with Crippen LogP contribution in [0, 0.1) is 0 Å². The van der Waals surface area contributed by atoms with Crippen molar-refractivity contribution < 1.29 is 4.79 Å². The fraction of sp³-hybridized carbons (Fsp3) is 0.316. The Morgan fingerprint density at radius 3 is 2.48 bits per heavy atom. The average Bonchev–Trinajstić information content (AvgIpc) is 3.28. The number of aromatic nitrogens is 5. The van der Waals surface area contributed by atoms with Gasteiger partial charge in [-0.1, -0.05) is 30.3 Å². The molecule has 4 rings (SSSR count). The van der Waals surface area contributed by atoms with Crippen LogP contribution in [-0.2, 0) is 11.2 Å². The van der Waals surface area contributed by atoms with Gasteiger partial charge in [-0.05, 0) is 12.0 Å². The molecule has 0 atom stereocenters. The van der Waals surface area contributed by atoms with Gasteiger partial charge in [0.25, 0.3) is 0 Å². The Morgan fingerprint density at radius 2 is 1.74 bits per heavy atom. The first-order valence-corrected chi connectivity index (χ1v) is 9.03. The zero-order valence-corrected chi connectivity index (χ0v) is 15.0. The first-order chi connectivity index (χ1) is 13.3. The van der Waals surface area contributed by atoms with Gasteiger partial charge in [-0.2, -0.15) is 5.10 Å². The van der Waals surface area contributed by atoms with Gasteiger partial charge < -0.3 is 9.80 Å². The van der Waals surface area contributed by atoms with Gasteiger partial charge in [0.1, 0.15) is 24.8 Å². The summed E-state index contributed by atoms with van der Waals surface area (Å²) in [4.78, 5) is 29.1. The molecule has 3 aromatic rings. The Hall–Kier alpha value is -3.29. The number of carbonyl (C=O) groups is 1. The fourth-order valence-corrected chi connectivity index (χ4v) is 3.20. The highest BCUT2D eigenvalue weighted by Crippen LogP contribution is 2.16. The molecule has 27 heavy (non-hydrogen) atoms. The van der Waals surface area contributed by atoms with Crippen LogP contribution >= 0.6 is 0 Å². The molecule has 8 heteroatoms. The number of amides is 1. The van der Waals surface area contributed by atoms with E-state index >= 15 is 0 Å². The van der Waals surface area contributed by atoms with Gasteiger partial charge in [-0.3, -0.25) is 4.79 Å². The van der Waals surface area contributed by atoms with E-state index in [9.17, 15) is 4.79 Å². The maximum absolute atomic E-state index is 12.5. The number of carbonyl (C=O) groups excluding carboxylic acids is 1. The highest BCUT2D eigenvalue weighted by atomic mass is 16.2. The monoisotopic (exact) mass is 363 g/mol. The average molecular weight is 363 g/mol. The van der Waals surface area contributed by atoms with E-state index in [2.05, 4.69) is 37.1 Å². The predicted octanol–water partition coefficient (Wildman–Crippen LogP) is 1.34. The molecule has 1 aliphatic rings. The van der Waals surface area contributed by atoms with Crippen LogP contribution in [0.3, 0.4) is 0 Å². The summed E-state index contributed by atoms with van der Waals surface area (Å²) in [5, 5.41) is 4.10. The molecule has 1 fully saturated rings. The number of nitrogens with zero attached hydrogens (tertiary/aromatic N) is 7. The summed E-state index contributed by atoms with van der Waals surface area (Å²) in [5.41, 5.74) is 1.20. The Balaban J connectivity index is 1.32. The molecule has 8 nitrogen and oxygen atoms in total. The normalized spacial score (nSPS) is 14.4. The third kappa shape index (κ3) is 4.11. The molecule has 0 N–H and O–H groups in total. The van der Waals surface area contributed by atoms with E-state index in [4.69, 9.17) is 0 Å². The number of hydrogen-bond donors (Lipinski definition) is 0. The van der Waals surface area contributed by atoms with Crippen LogP contribution in [0.15, 0.2) is 55.4 Å². The molecule has 0 saturated carbocycles. The van der Waals surface area contributed by atoms with Crippen molar-refractivity contribution in [2.45, 2.75) is 12.8 Å². The van der Waals surface area contributed by atoms with Gasteiger partial charge in [0.15, 0.2) is 5.82 Å². The van der Waals surface area contributed by atoms with Crippen molar-refractivity contribution in [3.05, 3.63) is 60.9 Å². The summed E-state index contributed by atoms with van der Waals surface area (Å²) in [7, 11) is 0. The van der Waals surface area contributed by atoms with Crippen LogP contribution in [0.4, 0.5) is 5.82 Å². The van der Waals surface area contributed by atoms with Crippen molar-refractivity contribution in [2.24, 2.45) is 0 Å². The van der Waals surface area contributed by atoms with Crippen molar-refractivity contribution in [2.75, 3.05) is 31.1 Å². The van der Waals surface area contributed by atoms with E-state index in [-0.39, 0.29) is 5.91 Å². The molecule has 138 valence electrons. The van der Waals surface area contributed by atoms with Crippen molar-refractivity contribution >= 4 is 11.7 Å². The number of benzene rings is 1. The van der Waals surface area contributed by atoms with Crippen LogP contribution in [0.5, 0.6) is 0 Å². The summed E-state index contributed by atoms with van der Waals surface area (Å²) in [6.45, 7) is 2.92. The van der Waals surface area contributed by atoms with E-state index < -0.39 is 0 Å². The van der Waals surface area contributed by atoms with Crippen molar-refractivity contribution in [1.29, 1.82) is 0 Å². The molecular weight excluding hydrogens is 342 g/mol. The zero-order chi connectivity index (χ0) is 18.5. The maximum atomic E-state index is 12.5. The van der Waals surface area contributed by atoms with Crippen LogP contribution in [0.25, 0.3) is 5.82 Å². The standard InChI is InChI=1S/C19H21N7O/c27-19(7-6-16-4-2-1-3-5-16)25-10-8-24(9-11-25)17-12-18(22-14-21-17)26-15-20-13-23-26/h1-5,12-15H,6-11H2. The number of anilines is 1. The van der Waals surface area contributed by atoms with E-state index in [0.717, 1.165) is 25.3 Å². The van der Waals surface area contributed by atoms with E-state index in [0.29, 0.717) is 25.3 Å². The largest absolute Gasteiger partial charge is 0.353 e. The number of aryl methyl sites for hydroxylation is 1. The summed E-state index contributed by atoms with van der Waals surface area (Å²) >= 11 is 0. The summed E-state index contributed by atoms with van der Waals surface area (Å²) in [6, 6.07) is 12.0. The third-order valence-corrected chi connectivity index (χ3v) is 4.72. The number of rotatable bonds is 5. The molecule has 2 aromatic heterocycles. The quantitative estimate of drug-likeness (QED) is 0.681. The molecular formula is C19H21N7O. The smallest absolute Gasteiger partial charge is 0.223 e. The molecule has 0 radical (unpaired) electrons. The van der Waals surface area contributed by atoms with E-state index in [1.54, 1.807) is 11.0 Å². The molecule has 0 spiro atoms. The van der Waals surface area contributed by atoms with E-state index in [1.807, 2.05) is 29.2 Å². The Kier molecular flexibility index (Phi) is 5.04. The highest BCUT2D eigenvalue weighted by Gasteiger charge is 2.22. The molecule has 0 bridgehead atoms. The summed E-state index contributed by atoms with van der Waals surface area (Å²) in [5.74, 6) is 1.73. The molecule has 0 aliphatic carbocycles. The van der Waals surface area contributed by atoms with Crippen LogP contribution < -0.4 is 4.90 Å². The highest BCUT2D eigenvalue weighted by molar-refractivity contribution is 5.76. The van der Waals surface area contributed by atoms with Gasteiger partial charge in [-0.15, -0.1) is 0 Å². The minimum Gasteiger partial charge on any atom is -0.353 e. The zero-order valence-electron chi connectivity index (χ0n) is 15.0. The fourth-order valence-electron chi connectivity index (χ4n) is 3.20. The lowest BCUT2D eigenvalue weighted by Crippen LogP contribution is -2.49. The summed E-state index contributed by atoms with van der Waals surface area (Å²) < 4.78 is 1.61. The lowest BCUT2D eigenvalue weighted by Gasteiger charge is -2.35. The molecule has 1 saturated heterocycles. The van der Waals surface area contributed by atoms with Gasteiger partial charge in [0.05, 0.1) is 0 Å². The van der Waals surface area contributed by atoms with Gasteiger partial charge >= 0.3 is 0 Å². The third-order valence-electron chi connectivity index (χ3n) is 4.72. The van der Waals surface area contributed by atoms with Crippen LogP contribution in [0.1, 0.15) is 12.0 Å². The van der Waals surface area contributed by atoms with Crippen molar-refractivity contribution in [1.82, 2.24) is 29.6 Å². The number of hydrogen-bond acceptors (Lipinski definition) is 6. The SMILES string of the molecule is O=C(CCc1ccccc1)N1CCN(c2cc(-n3cncn3)ncn2)CC1. The van der Waals surface area contributed by atoms with Crippen molar-refractivity contribution in [3.63, 3.8) is 0 Å².